The molecule has 2 rings (SSSR count). The van der Waals surface area contributed by atoms with E-state index in [0.29, 0.717) is 0 Å². The number of halogens is 2. The van der Waals surface area contributed by atoms with Crippen molar-refractivity contribution in [3.8, 4) is 0 Å². The second-order valence-corrected chi connectivity index (χ2v) is 3.33. The molecule has 2 N–H and O–H groups in total. The molecule has 0 atom stereocenters. The Labute approximate surface area is 119 Å². The summed E-state index contributed by atoms with van der Waals surface area (Å²) in [6.45, 7) is 2.12. The largest absolute Gasteiger partial charge is 0.693 e. The van der Waals surface area contributed by atoms with Crippen LogP contribution >= 0.6 is 9.42 Å². The summed E-state index contributed by atoms with van der Waals surface area (Å²) in [7, 11) is 4.61. The Morgan fingerprint density at radius 1 is 1.12 bits per heavy atom. The molecule has 0 unspecified atom stereocenters. The molecule has 1 saturated heterocycles. The molecule has 103 valence electrons. The summed E-state index contributed by atoms with van der Waals surface area (Å²) in [5.74, 6) is -0.160. The third-order valence-corrected chi connectivity index (χ3v) is 2.40. The molecule has 17 heavy (non-hydrogen) atoms. The molecule has 5 heteroatoms. The van der Waals surface area contributed by atoms with Crippen molar-refractivity contribution in [2.45, 2.75) is 12.8 Å². The number of piperidine rings is 1. The van der Waals surface area contributed by atoms with Crippen LogP contribution in [0.5, 0.6) is 0 Å². The Hall–Kier alpha value is -0.112. The summed E-state index contributed by atoms with van der Waals surface area (Å²) in [4.78, 5) is 2.29. The molecule has 1 aromatic carbocycles. The maximum absolute atomic E-state index is 12.6. The minimum absolute atomic E-state index is 0. The number of anilines is 1. The van der Waals surface area contributed by atoms with Crippen molar-refractivity contribution >= 4 is 15.1 Å². The predicted molar refractivity (Wildman–Crippen MR) is 69.7 cm³/mol. The number of benzene rings is 1. The maximum atomic E-state index is 12.6. The first-order chi connectivity index (χ1) is 7.36. The van der Waals surface area contributed by atoms with Crippen LogP contribution in [0.3, 0.4) is 0 Å². The van der Waals surface area contributed by atoms with Gasteiger partial charge in [-0.05, 0) is 37.4 Å². The first kappa shape index (κ1) is 19.2. The number of nitrogens with zero attached hydrogens (tertiary/aromatic N) is 1. The predicted octanol–water partition coefficient (Wildman–Crippen LogP) is 4.48. The van der Waals surface area contributed by atoms with E-state index in [1.54, 1.807) is 18.8 Å². The summed E-state index contributed by atoms with van der Waals surface area (Å²) >= 11 is 1.61. The van der Waals surface area contributed by atoms with Crippen molar-refractivity contribution in [3.05, 3.63) is 50.1 Å². The minimum Gasteiger partial charge on any atom is -0.693 e. The van der Waals surface area contributed by atoms with Crippen LogP contribution in [0.2, 0.25) is 0 Å². The van der Waals surface area contributed by atoms with Gasteiger partial charge in [-0.1, -0.05) is 0 Å². The molecule has 1 aromatic rings. The summed E-state index contributed by atoms with van der Waals surface area (Å²) < 4.78 is 12.6. The van der Waals surface area contributed by atoms with Gasteiger partial charge < -0.3 is 24.9 Å². The number of hydrogen-bond donors (Lipinski definition) is 0. The van der Waals surface area contributed by atoms with E-state index in [0.717, 1.165) is 31.6 Å². The van der Waals surface area contributed by atoms with Crippen molar-refractivity contribution in [2.24, 2.45) is 0 Å². The van der Waals surface area contributed by atoms with Crippen molar-refractivity contribution < 1.29 is 23.2 Å². The Balaban J connectivity index is 0. The van der Waals surface area contributed by atoms with E-state index in [9.17, 15) is 4.39 Å². The molecule has 1 heterocycles. The molecule has 0 radical (unpaired) electrons. The zero-order chi connectivity index (χ0) is 11.1. The van der Waals surface area contributed by atoms with Gasteiger partial charge in [-0.3, -0.25) is 0 Å². The summed E-state index contributed by atoms with van der Waals surface area (Å²) in [5.41, 5.74) is 1.13. The molecular formula is C12H18ClFN2Pt-3. The number of nitrogens with two attached hydrogens (primary N) is 1. The van der Waals surface area contributed by atoms with Crippen molar-refractivity contribution in [1.82, 2.24) is 0 Å². The third-order valence-electron chi connectivity index (χ3n) is 2.40. The smallest absolute Gasteiger partial charge is 0.693 e. The summed E-state index contributed by atoms with van der Waals surface area (Å²) in [5, 5.41) is 0. The summed E-state index contributed by atoms with van der Waals surface area (Å²) in [6, 6.07) is 6.74. The van der Waals surface area contributed by atoms with Crippen molar-refractivity contribution in [3.63, 3.8) is 0 Å². The van der Waals surface area contributed by atoms with Crippen molar-refractivity contribution in [2.75, 3.05) is 18.0 Å². The van der Waals surface area contributed by atoms with Gasteiger partial charge in [-0.15, -0.1) is 0 Å². The van der Waals surface area contributed by atoms with Gasteiger partial charge in [0.15, 0.2) is 0 Å². The van der Waals surface area contributed by atoms with E-state index >= 15 is 0 Å². The molecule has 1 aliphatic heterocycles. The van der Waals surface area contributed by atoms with E-state index in [1.807, 2.05) is 12.1 Å². The van der Waals surface area contributed by atoms with E-state index in [1.165, 1.54) is 12.1 Å². The molecule has 0 saturated carbocycles. The molecule has 0 amide bonds. The van der Waals surface area contributed by atoms with Crippen LogP contribution < -0.4 is 4.90 Å². The molecule has 1 aliphatic rings. The van der Waals surface area contributed by atoms with Gasteiger partial charge in [0.05, 0.1) is 0 Å². The zero-order valence-corrected chi connectivity index (χ0v) is 12.8. The van der Waals surface area contributed by atoms with Crippen LogP contribution in [0, 0.1) is 19.7 Å². The average Bonchev–Trinajstić information content (AvgIpc) is 2.34. The topological polar surface area (TPSA) is 36.7 Å². The quantitative estimate of drug-likeness (QED) is 0.594. The van der Waals surface area contributed by atoms with Gasteiger partial charge in [0, 0.05) is 5.69 Å². The number of hydrogen-bond acceptors (Lipinski definition) is 1. The minimum atomic E-state index is -0.160. The molecule has 0 bridgehead atoms. The zero-order valence-electron chi connectivity index (χ0n) is 9.81. The fraction of sp³-hybridized carbons (Fsp3) is 0.333. The Bertz CT molecular complexity index is 276. The fourth-order valence-corrected chi connectivity index (χ4v) is 1.66. The van der Waals surface area contributed by atoms with E-state index < -0.39 is 0 Å². The standard InChI is InChI=1S/C11H13FN.CH3.ClH.H2N.Pt/c12-10-4-6-11(7-5-10)13-8-2-1-3-9-13;;;;/h1,4-7H,2-3,8-9H2;1H3;1H;1H2;/q2*-1;;-1;+1/p-1. The fourth-order valence-electron chi connectivity index (χ4n) is 1.66. The van der Waals surface area contributed by atoms with E-state index in [-0.39, 0.29) is 19.4 Å². The Morgan fingerprint density at radius 3 is 2.06 bits per heavy atom. The van der Waals surface area contributed by atoms with Crippen LogP contribution in [0.1, 0.15) is 12.8 Å². The van der Waals surface area contributed by atoms with Crippen LogP contribution in [0.4, 0.5) is 10.1 Å². The van der Waals surface area contributed by atoms with E-state index in [2.05, 4.69) is 20.7 Å². The average molecular weight is 440 g/mol. The van der Waals surface area contributed by atoms with E-state index in [4.69, 9.17) is 0 Å². The van der Waals surface area contributed by atoms with Crippen LogP contribution in [0.25, 0.3) is 6.15 Å². The first-order valence-corrected chi connectivity index (χ1v) is 7.62. The Morgan fingerprint density at radius 2 is 1.59 bits per heavy atom. The second kappa shape index (κ2) is 11.0. The molecule has 0 aromatic heterocycles. The molecule has 0 spiro atoms. The SMILES string of the molecule is Fc1ccc(N2CC[CH-]CC2)cc1.[CH3-].[Cl][Pt].[NH2-]. The molecule has 0 aliphatic carbocycles. The van der Waals surface area contributed by atoms with Crippen molar-refractivity contribution in [1.29, 1.82) is 0 Å². The van der Waals surface area contributed by atoms with Crippen LogP contribution in [0.15, 0.2) is 24.3 Å². The maximum Gasteiger partial charge on any atom is -0.693 e. The number of rotatable bonds is 1. The van der Waals surface area contributed by atoms with Gasteiger partial charge >= 0.3 is 28.2 Å². The van der Waals surface area contributed by atoms with Crippen LogP contribution in [-0.2, 0) is 18.8 Å². The molecular weight excluding hydrogens is 422 g/mol. The second-order valence-electron chi connectivity index (χ2n) is 3.33. The van der Waals surface area contributed by atoms with Gasteiger partial charge in [0.2, 0.25) is 0 Å². The first-order valence-electron chi connectivity index (χ1n) is 4.80. The van der Waals surface area contributed by atoms with Gasteiger partial charge in [0.1, 0.15) is 5.82 Å². The third kappa shape index (κ3) is 6.40. The van der Waals surface area contributed by atoms with Crippen LogP contribution in [-0.4, -0.2) is 13.1 Å². The van der Waals surface area contributed by atoms with Gasteiger partial charge in [0.25, 0.3) is 0 Å². The monoisotopic (exact) mass is 439 g/mol. The summed E-state index contributed by atoms with van der Waals surface area (Å²) in [6.07, 6.45) is 4.58. The van der Waals surface area contributed by atoms with Gasteiger partial charge in [-0.25, -0.2) is 4.39 Å². The molecule has 2 nitrogen and oxygen atoms in total. The molecule has 1 fully saturated rings. The normalized spacial score (nSPS) is 13.8. The Kier molecular flexibility index (Phi) is 12.5. The van der Waals surface area contributed by atoms with Gasteiger partial charge in [-0.2, -0.15) is 12.8 Å².